The molecular weight excluding hydrogens is 244 g/mol. The highest BCUT2D eigenvalue weighted by Gasteiger charge is 2.31. The number of hydrogen-bond acceptors (Lipinski definition) is 2. The first-order valence-corrected chi connectivity index (χ1v) is 7.37. The molecule has 0 aromatic rings. The zero-order valence-electron chi connectivity index (χ0n) is 11.6. The predicted octanol–water partition coefficient (Wildman–Crippen LogP) is 2.21. The maximum Gasteiger partial charge on any atom is 0.323 e. The fourth-order valence-corrected chi connectivity index (χ4v) is 3.33. The summed E-state index contributed by atoms with van der Waals surface area (Å²) in [5.74, 6) is -0.430. The number of nitrogens with zero attached hydrogens (tertiary/aromatic N) is 1. The van der Waals surface area contributed by atoms with Gasteiger partial charge >= 0.3 is 12.0 Å². The fraction of sp³-hybridized carbons (Fsp3) is 0.857. The van der Waals surface area contributed by atoms with E-state index in [-0.39, 0.29) is 24.7 Å². The van der Waals surface area contributed by atoms with Gasteiger partial charge in [-0.3, -0.25) is 4.79 Å². The van der Waals surface area contributed by atoms with Crippen molar-refractivity contribution in [3.8, 4) is 0 Å². The molecule has 2 amide bonds. The lowest BCUT2D eigenvalue weighted by atomic mass is 10.1. The summed E-state index contributed by atoms with van der Waals surface area (Å²) in [7, 11) is 0. The number of nitrogens with one attached hydrogen (secondary N) is 1. The number of urea groups is 1. The number of aliphatic carboxylic acids is 1. The van der Waals surface area contributed by atoms with Gasteiger partial charge in [0.2, 0.25) is 0 Å². The molecule has 2 rings (SSSR count). The van der Waals surface area contributed by atoms with E-state index in [4.69, 9.17) is 5.11 Å². The normalized spacial score (nSPS) is 27.4. The van der Waals surface area contributed by atoms with E-state index in [1.807, 2.05) is 0 Å². The molecule has 0 aliphatic heterocycles. The van der Waals surface area contributed by atoms with Crippen molar-refractivity contribution in [2.45, 2.75) is 64.0 Å². The van der Waals surface area contributed by atoms with Gasteiger partial charge in [0.1, 0.15) is 6.54 Å². The summed E-state index contributed by atoms with van der Waals surface area (Å²) < 4.78 is 0. The third-order valence-electron chi connectivity index (χ3n) is 4.50. The van der Waals surface area contributed by atoms with E-state index in [1.54, 1.807) is 0 Å². The van der Waals surface area contributed by atoms with Crippen LogP contribution in [0.15, 0.2) is 0 Å². The van der Waals surface area contributed by atoms with E-state index in [1.165, 1.54) is 4.90 Å². The third-order valence-corrected chi connectivity index (χ3v) is 4.50. The summed E-state index contributed by atoms with van der Waals surface area (Å²) in [6, 6.07) is 0.131. The minimum Gasteiger partial charge on any atom is -0.480 e. The fourth-order valence-electron chi connectivity index (χ4n) is 3.33. The van der Waals surface area contributed by atoms with Gasteiger partial charge in [-0.1, -0.05) is 26.2 Å². The number of amides is 2. The van der Waals surface area contributed by atoms with Crippen molar-refractivity contribution in [3.63, 3.8) is 0 Å². The van der Waals surface area contributed by atoms with Crippen LogP contribution >= 0.6 is 0 Å². The zero-order chi connectivity index (χ0) is 13.8. The Kier molecular flexibility index (Phi) is 4.66. The van der Waals surface area contributed by atoms with Crippen LogP contribution in [-0.4, -0.2) is 40.6 Å². The SMILES string of the molecule is CC1CCCC1NC(=O)N(CC(=O)O)C1CCCC1. The van der Waals surface area contributed by atoms with Crippen LogP contribution in [0.4, 0.5) is 4.79 Å². The standard InChI is InChI=1S/C14H24N2O3/c1-10-5-4-8-12(10)15-14(19)16(9-13(17)18)11-6-2-3-7-11/h10-12H,2-9H2,1H3,(H,15,19)(H,17,18). The van der Waals surface area contributed by atoms with Crippen LogP contribution in [0, 0.1) is 5.92 Å². The second-order valence-electron chi connectivity index (χ2n) is 5.92. The Balaban J connectivity index is 1.96. The molecule has 108 valence electrons. The molecule has 0 bridgehead atoms. The summed E-state index contributed by atoms with van der Waals surface area (Å²) >= 11 is 0. The van der Waals surface area contributed by atoms with Crippen molar-refractivity contribution >= 4 is 12.0 Å². The Morgan fingerprint density at radius 1 is 1.16 bits per heavy atom. The minimum absolute atomic E-state index is 0.104. The number of rotatable bonds is 4. The number of hydrogen-bond donors (Lipinski definition) is 2. The predicted molar refractivity (Wildman–Crippen MR) is 71.9 cm³/mol. The van der Waals surface area contributed by atoms with E-state index >= 15 is 0 Å². The second kappa shape index (κ2) is 6.26. The van der Waals surface area contributed by atoms with E-state index < -0.39 is 5.97 Å². The molecule has 5 heteroatoms. The van der Waals surface area contributed by atoms with Gasteiger partial charge in [-0.25, -0.2) is 4.79 Å². The van der Waals surface area contributed by atoms with Crippen molar-refractivity contribution in [2.75, 3.05) is 6.54 Å². The van der Waals surface area contributed by atoms with Crippen molar-refractivity contribution in [3.05, 3.63) is 0 Å². The second-order valence-corrected chi connectivity index (χ2v) is 5.92. The Morgan fingerprint density at radius 2 is 1.84 bits per heavy atom. The molecule has 0 aromatic carbocycles. The van der Waals surface area contributed by atoms with Crippen LogP contribution in [0.1, 0.15) is 51.9 Å². The molecule has 2 fully saturated rings. The lowest BCUT2D eigenvalue weighted by molar-refractivity contribution is -0.138. The van der Waals surface area contributed by atoms with Gasteiger partial charge in [0, 0.05) is 12.1 Å². The maximum atomic E-state index is 12.3. The van der Waals surface area contributed by atoms with Crippen molar-refractivity contribution in [1.82, 2.24) is 10.2 Å². The number of carboxylic acids is 1. The summed E-state index contributed by atoms with van der Waals surface area (Å²) in [5.41, 5.74) is 0. The lowest BCUT2D eigenvalue weighted by Gasteiger charge is -2.30. The molecule has 2 atom stereocenters. The highest BCUT2D eigenvalue weighted by molar-refractivity contribution is 5.80. The summed E-state index contributed by atoms with van der Waals surface area (Å²) in [6.07, 6.45) is 7.35. The number of carbonyl (C=O) groups excluding carboxylic acids is 1. The van der Waals surface area contributed by atoms with Gasteiger partial charge in [-0.2, -0.15) is 0 Å². The Hall–Kier alpha value is -1.26. The van der Waals surface area contributed by atoms with Crippen LogP contribution < -0.4 is 5.32 Å². The van der Waals surface area contributed by atoms with Gasteiger partial charge in [0.25, 0.3) is 0 Å². The van der Waals surface area contributed by atoms with Crippen molar-refractivity contribution < 1.29 is 14.7 Å². The largest absolute Gasteiger partial charge is 0.480 e. The van der Waals surface area contributed by atoms with E-state index in [0.29, 0.717) is 5.92 Å². The quantitative estimate of drug-likeness (QED) is 0.821. The molecule has 5 nitrogen and oxygen atoms in total. The van der Waals surface area contributed by atoms with E-state index in [9.17, 15) is 9.59 Å². The van der Waals surface area contributed by atoms with E-state index in [0.717, 1.165) is 44.9 Å². The summed E-state index contributed by atoms with van der Waals surface area (Å²) in [5, 5.41) is 12.0. The van der Waals surface area contributed by atoms with Crippen LogP contribution in [0.25, 0.3) is 0 Å². The van der Waals surface area contributed by atoms with Gasteiger partial charge < -0.3 is 15.3 Å². The van der Waals surface area contributed by atoms with Crippen molar-refractivity contribution in [1.29, 1.82) is 0 Å². The average molecular weight is 268 g/mol. The van der Waals surface area contributed by atoms with Crippen LogP contribution in [-0.2, 0) is 4.79 Å². The molecule has 2 saturated carbocycles. The molecular formula is C14H24N2O3. The minimum atomic E-state index is -0.929. The number of carbonyl (C=O) groups is 2. The van der Waals surface area contributed by atoms with E-state index in [2.05, 4.69) is 12.2 Å². The average Bonchev–Trinajstić information content (AvgIpc) is 2.98. The first kappa shape index (κ1) is 14.2. The van der Waals surface area contributed by atoms with Gasteiger partial charge in [0.15, 0.2) is 0 Å². The summed E-state index contributed by atoms with van der Waals surface area (Å²) in [4.78, 5) is 24.8. The first-order valence-electron chi connectivity index (χ1n) is 7.37. The molecule has 0 spiro atoms. The topological polar surface area (TPSA) is 69.6 Å². The Bertz CT molecular complexity index is 340. The number of carboxylic acid groups (broad SMARTS) is 1. The Morgan fingerprint density at radius 3 is 2.37 bits per heavy atom. The molecule has 2 unspecified atom stereocenters. The Labute approximate surface area is 114 Å². The van der Waals surface area contributed by atoms with Gasteiger partial charge in [0.05, 0.1) is 0 Å². The van der Waals surface area contributed by atoms with Crippen LogP contribution in [0.2, 0.25) is 0 Å². The molecule has 0 saturated heterocycles. The van der Waals surface area contributed by atoms with Crippen LogP contribution in [0.5, 0.6) is 0 Å². The monoisotopic (exact) mass is 268 g/mol. The zero-order valence-corrected chi connectivity index (χ0v) is 11.6. The molecule has 2 N–H and O–H groups in total. The van der Waals surface area contributed by atoms with Gasteiger partial charge in [-0.05, 0) is 31.6 Å². The maximum absolute atomic E-state index is 12.3. The first-order chi connectivity index (χ1) is 9.08. The molecule has 2 aliphatic rings. The molecule has 2 aliphatic carbocycles. The summed E-state index contributed by atoms with van der Waals surface area (Å²) in [6.45, 7) is 1.96. The lowest BCUT2D eigenvalue weighted by Crippen LogP contribution is -2.51. The highest BCUT2D eigenvalue weighted by Crippen LogP contribution is 2.26. The highest BCUT2D eigenvalue weighted by atomic mass is 16.4. The molecule has 0 aromatic heterocycles. The van der Waals surface area contributed by atoms with Crippen molar-refractivity contribution in [2.24, 2.45) is 5.92 Å². The van der Waals surface area contributed by atoms with Crippen LogP contribution in [0.3, 0.4) is 0 Å². The molecule has 19 heavy (non-hydrogen) atoms. The van der Waals surface area contributed by atoms with Gasteiger partial charge in [-0.15, -0.1) is 0 Å². The molecule has 0 heterocycles. The smallest absolute Gasteiger partial charge is 0.323 e. The third kappa shape index (κ3) is 3.61. The molecule has 0 radical (unpaired) electrons.